The van der Waals surface area contributed by atoms with Crippen molar-refractivity contribution in [1.29, 1.82) is 0 Å². The molecule has 0 aromatic rings. The third-order valence-corrected chi connectivity index (χ3v) is 0.893. The van der Waals surface area contributed by atoms with Crippen molar-refractivity contribution in [3.05, 3.63) is 12.2 Å². The van der Waals surface area contributed by atoms with Gasteiger partial charge in [0.1, 0.15) is 6.34 Å². The van der Waals surface area contributed by atoms with Gasteiger partial charge in [0.15, 0.2) is 0 Å². The maximum Gasteiger partial charge on any atom is 0.109 e. The molecule has 0 radical (unpaired) electrons. The summed E-state index contributed by atoms with van der Waals surface area (Å²) in [5.41, 5.74) is 1.02. The van der Waals surface area contributed by atoms with Crippen LogP contribution in [0.5, 0.6) is 0 Å². The molecule has 2 nitrogen and oxygen atoms in total. The number of rotatable bonds is 3. The Morgan fingerprint density at radius 1 is 1.67 bits per heavy atom. The molecular weight excluding hydrogens is 112 g/mol. The zero-order valence-electron chi connectivity index (χ0n) is 5.96. The molecule has 0 aromatic heterocycles. The van der Waals surface area contributed by atoms with E-state index in [1.807, 2.05) is 6.92 Å². The number of aliphatic imine (C=N–C) groups is 2. The molecular formula is C7H12N2. The minimum atomic E-state index is 0.945. The zero-order chi connectivity index (χ0) is 7.11. The third-order valence-electron chi connectivity index (χ3n) is 0.893. The highest BCUT2D eigenvalue weighted by atomic mass is 14.8. The van der Waals surface area contributed by atoms with Gasteiger partial charge in [0.05, 0.1) is 0 Å². The largest absolute Gasteiger partial charge is 0.277 e. The predicted octanol–water partition coefficient (Wildman–Crippen LogP) is 1.68. The van der Waals surface area contributed by atoms with Crippen molar-refractivity contribution in [2.75, 3.05) is 7.05 Å². The summed E-state index contributed by atoms with van der Waals surface area (Å²) in [5, 5.41) is 0. The minimum absolute atomic E-state index is 0.945. The molecule has 9 heavy (non-hydrogen) atoms. The van der Waals surface area contributed by atoms with Gasteiger partial charge >= 0.3 is 0 Å². The second-order valence-electron chi connectivity index (χ2n) is 1.66. The van der Waals surface area contributed by atoms with Gasteiger partial charge in [-0.2, -0.15) is 0 Å². The molecule has 2 heteroatoms. The lowest BCUT2D eigenvalue weighted by Crippen LogP contribution is -1.78. The summed E-state index contributed by atoms with van der Waals surface area (Å²) < 4.78 is 0. The first-order chi connectivity index (χ1) is 4.31. The number of allylic oxidation sites excluding steroid dienone is 1. The van der Waals surface area contributed by atoms with Gasteiger partial charge in [0.2, 0.25) is 0 Å². The van der Waals surface area contributed by atoms with Crippen molar-refractivity contribution in [2.45, 2.75) is 13.3 Å². The van der Waals surface area contributed by atoms with E-state index in [-0.39, 0.29) is 0 Å². The summed E-state index contributed by atoms with van der Waals surface area (Å²) in [5.74, 6) is 0. The molecule has 0 amide bonds. The average Bonchev–Trinajstić information content (AvgIpc) is 1.89. The average molecular weight is 124 g/mol. The zero-order valence-corrected chi connectivity index (χ0v) is 5.96. The molecule has 0 N–H and O–H groups in total. The van der Waals surface area contributed by atoms with Crippen LogP contribution in [-0.2, 0) is 0 Å². The lowest BCUT2D eigenvalue weighted by Gasteiger charge is -1.85. The van der Waals surface area contributed by atoms with E-state index in [0.717, 1.165) is 12.0 Å². The Hall–Kier alpha value is -0.920. The van der Waals surface area contributed by atoms with E-state index in [1.54, 1.807) is 13.3 Å². The molecule has 0 spiro atoms. The standard InChI is InChI=1S/C7H12N2/c1-4-7(2)5-9-6-8-3/h5-6H,2,4H2,1,3H3. The van der Waals surface area contributed by atoms with Crippen molar-refractivity contribution >= 4 is 12.6 Å². The van der Waals surface area contributed by atoms with Crippen LogP contribution >= 0.6 is 0 Å². The highest BCUT2D eigenvalue weighted by Crippen LogP contribution is 1.89. The molecule has 0 rings (SSSR count). The normalized spacial score (nSPS) is 11.3. The van der Waals surface area contributed by atoms with Gasteiger partial charge in [-0.1, -0.05) is 13.5 Å². The molecule has 0 saturated heterocycles. The maximum atomic E-state index is 3.84. The molecule has 0 fully saturated rings. The fraction of sp³-hybridized carbons (Fsp3) is 0.429. The van der Waals surface area contributed by atoms with E-state index < -0.39 is 0 Å². The molecule has 0 aromatic carbocycles. The minimum Gasteiger partial charge on any atom is -0.277 e. The van der Waals surface area contributed by atoms with E-state index in [2.05, 4.69) is 16.6 Å². The van der Waals surface area contributed by atoms with Crippen molar-refractivity contribution in [2.24, 2.45) is 9.98 Å². The summed E-state index contributed by atoms with van der Waals surface area (Å²) in [6, 6.07) is 0. The van der Waals surface area contributed by atoms with Gasteiger partial charge in [-0.05, 0) is 12.0 Å². The predicted molar refractivity (Wildman–Crippen MR) is 42.3 cm³/mol. The van der Waals surface area contributed by atoms with Gasteiger partial charge in [0, 0.05) is 13.3 Å². The molecule has 0 bridgehead atoms. The van der Waals surface area contributed by atoms with Crippen LogP contribution in [0.4, 0.5) is 0 Å². The van der Waals surface area contributed by atoms with Crippen LogP contribution in [0.2, 0.25) is 0 Å². The smallest absolute Gasteiger partial charge is 0.109 e. The van der Waals surface area contributed by atoms with Crippen LogP contribution in [0.3, 0.4) is 0 Å². The van der Waals surface area contributed by atoms with Crippen LogP contribution in [0.25, 0.3) is 0 Å². The summed E-state index contributed by atoms with van der Waals surface area (Å²) in [4.78, 5) is 7.52. The Balaban J connectivity index is 3.57. The molecule has 50 valence electrons. The van der Waals surface area contributed by atoms with E-state index in [4.69, 9.17) is 0 Å². The molecule has 0 aliphatic carbocycles. The lowest BCUT2D eigenvalue weighted by atomic mass is 10.3. The molecule has 0 saturated carbocycles. The molecule has 0 aliphatic rings. The molecule has 0 aliphatic heterocycles. The van der Waals surface area contributed by atoms with Crippen molar-refractivity contribution in [3.63, 3.8) is 0 Å². The van der Waals surface area contributed by atoms with E-state index in [0.29, 0.717) is 0 Å². The summed E-state index contributed by atoms with van der Waals surface area (Å²) >= 11 is 0. The van der Waals surface area contributed by atoms with Crippen LogP contribution in [0.1, 0.15) is 13.3 Å². The van der Waals surface area contributed by atoms with Crippen LogP contribution in [0, 0.1) is 0 Å². The number of hydrogen-bond donors (Lipinski definition) is 0. The lowest BCUT2D eigenvalue weighted by molar-refractivity contribution is 1.19. The van der Waals surface area contributed by atoms with Crippen LogP contribution in [0.15, 0.2) is 22.1 Å². The second-order valence-corrected chi connectivity index (χ2v) is 1.66. The van der Waals surface area contributed by atoms with Crippen LogP contribution in [-0.4, -0.2) is 19.6 Å². The highest BCUT2D eigenvalue weighted by Gasteiger charge is 1.78. The Morgan fingerprint density at radius 3 is 2.78 bits per heavy atom. The summed E-state index contributed by atoms with van der Waals surface area (Å²) in [6.07, 6.45) is 4.16. The first-order valence-electron chi connectivity index (χ1n) is 2.92. The third kappa shape index (κ3) is 4.94. The van der Waals surface area contributed by atoms with Crippen LogP contribution < -0.4 is 0 Å². The first kappa shape index (κ1) is 8.08. The quantitative estimate of drug-likeness (QED) is 0.404. The van der Waals surface area contributed by atoms with Gasteiger partial charge in [0.25, 0.3) is 0 Å². The van der Waals surface area contributed by atoms with Gasteiger partial charge in [-0.25, -0.2) is 4.99 Å². The Labute approximate surface area is 56.0 Å². The number of hydrogen-bond acceptors (Lipinski definition) is 1. The Kier molecular flexibility index (Phi) is 4.69. The molecule has 0 heterocycles. The van der Waals surface area contributed by atoms with Gasteiger partial charge in [-0.15, -0.1) is 0 Å². The summed E-state index contributed by atoms with van der Waals surface area (Å²) in [7, 11) is 1.69. The van der Waals surface area contributed by atoms with Gasteiger partial charge in [-0.3, -0.25) is 4.99 Å². The second kappa shape index (κ2) is 5.22. The first-order valence-corrected chi connectivity index (χ1v) is 2.92. The Morgan fingerprint density at radius 2 is 2.33 bits per heavy atom. The topological polar surface area (TPSA) is 24.7 Å². The van der Waals surface area contributed by atoms with E-state index >= 15 is 0 Å². The monoisotopic (exact) mass is 124 g/mol. The maximum absolute atomic E-state index is 3.84. The highest BCUT2D eigenvalue weighted by molar-refractivity contribution is 5.84. The van der Waals surface area contributed by atoms with Crippen molar-refractivity contribution < 1.29 is 0 Å². The fourth-order valence-corrected chi connectivity index (χ4v) is 0.297. The van der Waals surface area contributed by atoms with E-state index in [1.165, 1.54) is 6.34 Å². The van der Waals surface area contributed by atoms with Gasteiger partial charge < -0.3 is 0 Å². The molecule has 0 unspecified atom stereocenters. The fourth-order valence-electron chi connectivity index (χ4n) is 0.297. The van der Waals surface area contributed by atoms with Crippen molar-refractivity contribution in [1.82, 2.24) is 0 Å². The SMILES string of the molecule is C=C(C=NC=NC)CC. The van der Waals surface area contributed by atoms with Crippen molar-refractivity contribution in [3.8, 4) is 0 Å². The van der Waals surface area contributed by atoms with E-state index in [9.17, 15) is 0 Å². The number of nitrogens with zero attached hydrogens (tertiary/aromatic N) is 2. The summed E-state index contributed by atoms with van der Waals surface area (Å²) in [6.45, 7) is 5.77. The molecule has 0 atom stereocenters. The Bertz CT molecular complexity index is 134.